The van der Waals surface area contributed by atoms with Crippen LogP contribution in [0, 0.1) is 0 Å². The van der Waals surface area contributed by atoms with Gasteiger partial charge in [0.05, 0.1) is 12.5 Å². The average molecular weight is 338 g/mol. The van der Waals surface area contributed by atoms with E-state index in [0.29, 0.717) is 18.8 Å². The maximum absolute atomic E-state index is 13.1. The minimum atomic E-state index is -0.291. The summed E-state index contributed by atoms with van der Waals surface area (Å²) >= 11 is 0. The first-order valence-corrected chi connectivity index (χ1v) is 8.32. The van der Waals surface area contributed by atoms with Gasteiger partial charge < -0.3 is 15.1 Å². The van der Waals surface area contributed by atoms with E-state index < -0.39 is 0 Å². The van der Waals surface area contributed by atoms with Gasteiger partial charge >= 0.3 is 0 Å². The Bertz CT molecular complexity index is 761. The molecule has 1 aliphatic heterocycles. The lowest BCUT2D eigenvalue weighted by Crippen LogP contribution is -2.37. The first-order chi connectivity index (χ1) is 12.1. The Labute approximate surface area is 147 Å². The van der Waals surface area contributed by atoms with Crippen molar-refractivity contribution < 1.29 is 9.59 Å². The zero-order valence-electron chi connectivity index (χ0n) is 14.5. The zero-order valence-corrected chi connectivity index (χ0v) is 14.5. The molecule has 130 valence electrons. The molecule has 0 bridgehead atoms. The molecule has 0 radical (unpaired) electrons. The van der Waals surface area contributed by atoms with Crippen LogP contribution >= 0.6 is 0 Å². The van der Waals surface area contributed by atoms with Gasteiger partial charge in [-0.15, -0.1) is 0 Å². The third-order valence-corrected chi connectivity index (χ3v) is 4.35. The molecule has 1 atom stereocenters. The number of carbonyl (C=O) groups is 2. The molecule has 1 aliphatic rings. The highest BCUT2D eigenvalue weighted by Crippen LogP contribution is 2.27. The molecule has 1 saturated heterocycles. The zero-order chi connectivity index (χ0) is 17.8. The monoisotopic (exact) mass is 338 g/mol. The average Bonchev–Trinajstić information content (AvgIpc) is 2.83. The second-order valence-electron chi connectivity index (χ2n) is 6.27. The van der Waals surface area contributed by atoms with Gasteiger partial charge in [-0.2, -0.15) is 0 Å². The van der Waals surface area contributed by atoms with Crippen molar-refractivity contribution in [2.75, 3.05) is 32.1 Å². The van der Waals surface area contributed by atoms with Crippen molar-refractivity contribution in [1.29, 1.82) is 0 Å². The third-order valence-electron chi connectivity index (χ3n) is 4.35. The first kappa shape index (κ1) is 17.0. The molecule has 2 amide bonds. The van der Waals surface area contributed by atoms with Gasteiger partial charge in [-0.25, -0.2) is 0 Å². The van der Waals surface area contributed by atoms with Crippen molar-refractivity contribution >= 4 is 17.5 Å². The Morgan fingerprint density at radius 1 is 1.24 bits per heavy atom. The predicted octanol–water partition coefficient (Wildman–Crippen LogP) is 1.85. The molecule has 6 heteroatoms. The van der Waals surface area contributed by atoms with E-state index in [1.165, 1.54) is 0 Å². The van der Waals surface area contributed by atoms with Crippen molar-refractivity contribution in [2.24, 2.45) is 0 Å². The van der Waals surface area contributed by atoms with Gasteiger partial charge in [0.15, 0.2) is 0 Å². The number of amides is 2. The quantitative estimate of drug-likeness (QED) is 0.928. The van der Waals surface area contributed by atoms with Gasteiger partial charge in [0, 0.05) is 39.1 Å². The fourth-order valence-corrected chi connectivity index (χ4v) is 3.01. The van der Waals surface area contributed by atoms with Crippen molar-refractivity contribution in [3.05, 3.63) is 59.9 Å². The van der Waals surface area contributed by atoms with E-state index in [4.69, 9.17) is 0 Å². The summed E-state index contributed by atoms with van der Waals surface area (Å²) in [7, 11) is 3.84. The van der Waals surface area contributed by atoms with Crippen LogP contribution in [-0.2, 0) is 4.79 Å². The Kier molecular flexibility index (Phi) is 4.97. The van der Waals surface area contributed by atoms with E-state index >= 15 is 0 Å². The predicted molar refractivity (Wildman–Crippen MR) is 96.4 cm³/mol. The van der Waals surface area contributed by atoms with E-state index in [0.717, 1.165) is 11.3 Å². The minimum absolute atomic E-state index is 0.0424. The fourth-order valence-electron chi connectivity index (χ4n) is 3.01. The number of nitrogens with one attached hydrogen (secondary N) is 1. The lowest BCUT2D eigenvalue weighted by atomic mass is 10.0. The van der Waals surface area contributed by atoms with Crippen LogP contribution in [0.15, 0.2) is 48.7 Å². The lowest BCUT2D eigenvalue weighted by Gasteiger charge is -2.29. The molecule has 0 saturated carbocycles. The van der Waals surface area contributed by atoms with Crippen LogP contribution in [-0.4, -0.2) is 48.9 Å². The van der Waals surface area contributed by atoms with Gasteiger partial charge in [0.1, 0.15) is 5.69 Å². The molecular formula is C19H22N4O2. The smallest absolute Gasteiger partial charge is 0.273 e. The molecule has 3 rings (SSSR count). The second-order valence-corrected chi connectivity index (χ2v) is 6.27. The molecule has 6 nitrogen and oxygen atoms in total. The highest BCUT2D eigenvalue weighted by Gasteiger charge is 2.31. The highest BCUT2D eigenvalue weighted by atomic mass is 16.2. The second kappa shape index (κ2) is 7.34. The fraction of sp³-hybridized carbons (Fsp3) is 0.316. The summed E-state index contributed by atoms with van der Waals surface area (Å²) in [6, 6.07) is 13.0. The van der Waals surface area contributed by atoms with Gasteiger partial charge in [-0.1, -0.05) is 30.3 Å². The number of anilines is 1. The van der Waals surface area contributed by atoms with E-state index in [1.54, 1.807) is 17.2 Å². The highest BCUT2D eigenvalue weighted by molar-refractivity contribution is 5.94. The summed E-state index contributed by atoms with van der Waals surface area (Å²) in [6.07, 6.45) is 1.89. The largest absolute Gasteiger partial charge is 0.378 e. The molecule has 1 N–H and O–H groups in total. The van der Waals surface area contributed by atoms with Crippen LogP contribution in [0.1, 0.15) is 28.5 Å². The van der Waals surface area contributed by atoms with Gasteiger partial charge in [0.25, 0.3) is 5.91 Å². The van der Waals surface area contributed by atoms with Crippen LogP contribution in [0.25, 0.3) is 0 Å². The standard InChI is InChI=1S/C19H22N4O2/c1-22(2)15-8-9-20-16(12-15)19(25)23-11-10-21-18(24)13-17(23)14-6-4-3-5-7-14/h3-9,12,17H,10-11,13H2,1-2H3,(H,21,24). The Balaban J connectivity index is 1.95. The number of benzene rings is 1. The van der Waals surface area contributed by atoms with E-state index in [1.807, 2.05) is 55.4 Å². The van der Waals surface area contributed by atoms with Gasteiger partial charge in [-0.3, -0.25) is 14.6 Å². The van der Waals surface area contributed by atoms with Gasteiger partial charge in [-0.05, 0) is 17.7 Å². The maximum atomic E-state index is 13.1. The van der Waals surface area contributed by atoms with Crippen LogP contribution in [0.5, 0.6) is 0 Å². The first-order valence-electron chi connectivity index (χ1n) is 8.32. The SMILES string of the molecule is CN(C)c1ccnc(C(=O)N2CCNC(=O)CC2c2ccccc2)c1. The molecule has 2 aromatic rings. The van der Waals surface area contributed by atoms with Gasteiger partial charge in [0.2, 0.25) is 5.91 Å². The topological polar surface area (TPSA) is 65.5 Å². The number of aromatic nitrogens is 1. The Morgan fingerprint density at radius 3 is 2.72 bits per heavy atom. The van der Waals surface area contributed by atoms with Crippen molar-refractivity contribution in [3.8, 4) is 0 Å². The van der Waals surface area contributed by atoms with Crippen LogP contribution in [0.2, 0.25) is 0 Å². The van der Waals surface area contributed by atoms with E-state index in [-0.39, 0.29) is 24.3 Å². The summed E-state index contributed by atoms with van der Waals surface area (Å²) in [6.45, 7) is 0.902. The van der Waals surface area contributed by atoms with Crippen molar-refractivity contribution in [3.63, 3.8) is 0 Å². The molecule has 0 spiro atoms. The molecule has 1 aromatic carbocycles. The van der Waals surface area contributed by atoms with E-state index in [9.17, 15) is 9.59 Å². The van der Waals surface area contributed by atoms with E-state index in [2.05, 4.69) is 10.3 Å². The van der Waals surface area contributed by atoms with Crippen LogP contribution in [0.3, 0.4) is 0 Å². The molecule has 1 unspecified atom stereocenters. The maximum Gasteiger partial charge on any atom is 0.273 e. The normalized spacial score (nSPS) is 17.6. The summed E-state index contributed by atoms with van der Waals surface area (Å²) in [4.78, 5) is 33.1. The Hall–Kier alpha value is -2.89. The summed E-state index contributed by atoms with van der Waals surface area (Å²) < 4.78 is 0. The molecule has 25 heavy (non-hydrogen) atoms. The number of rotatable bonds is 3. The summed E-state index contributed by atoms with van der Waals surface area (Å²) in [5.41, 5.74) is 2.26. The molecule has 0 aliphatic carbocycles. The molecular weight excluding hydrogens is 316 g/mol. The molecule has 1 aromatic heterocycles. The molecule has 2 heterocycles. The minimum Gasteiger partial charge on any atom is -0.378 e. The number of pyridine rings is 1. The summed E-state index contributed by atoms with van der Waals surface area (Å²) in [5, 5.41) is 2.85. The number of hydrogen-bond acceptors (Lipinski definition) is 4. The third kappa shape index (κ3) is 3.79. The number of carbonyl (C=O) groups excluding carboxylic acids is 2. The number of nitrogens with zero attached hydrogens (tertiary/aromatic N) is 3. The number of hydrogen-bond donors (Lipinski definition) is 1. The molecule has 1 fully saturated rings. The Morgan fingerprint density at radius 2 is 2.00 bits per heavy atom. The van der Waals surface area contributed by atoms with Crippen LogP contribution < -0.4 is 10.2 Å². The van der Waals surface area contributed by atoms with Crippen molar-refractivity contribution in [2.45, 2.75) is 12.5 Å². The lowest BCUT2D eigenvalue weighted by molar-refractivity contribution is -0.121. The van der Waals surface area contributed by atoms with Crippen LogP contribution in [0.4, 0.5) is 5.69 Å². The summed E-state index contributed by atoms with van der Waals surface area (Å²) in [5.74, 6) is -0.201. The van der Waals surface area contributed by atoms with Crippen molar-refractivity contribution in [1.82, 2.24) is 15.2 Å².